The molecule has 0 aromatic carbocycles. The Morgan fingerprint density at radius 2 is 2.11 bits per heavy atom. The Hall–Kier alpha value is -0.570. The summed E-state index contributed by atoms with van der Waals surface area (Å²) in [6.45, 7) is 7.35. The molecule has 0 aromatic rings. The first-order valence-electron chi connectivity index (χ1n) is 7.80. The normalized spacial score (nSPS) is 24.2. The SMILES string of the molecule is CC1CCCC(CC(=O)NCCCC(C)(C)CO)C1. The van der Waals surface area contributed by atoms with E-state index in [2.05, 4.69) is 26.1 Å². The number of amides is 1. The lowest BCUT2D eigenvalue weighted by Gasteiger charge is -2.26. The van der Waals surface area contributed by atoms with Crippen molar-refractivity contribution in [1.82, 2.24) is 5.32 Å². The summed E-state index contributed by atoms with van der Waals surface area (Å²) in [7, 11) is 0. The molecule has 2 N–H and O–H groups in total. The van der Waals surface area contributed by atoms with Gasteiger partial charge in [0.05, 0.1) is 0 Å². The van der Waals surface area contributed by atoms with Gasteiger partial charge in [-0.05, 0) is 42.9 Å². The average Bonchev–Trinajstić information content (AvgIpc) is 2.35. The summed E-state index contributed by atoms with van der Waals surface area (Å²) in [5, 5.41) is 12.2. The smallest absolute Gasteiger partial charge is 0.220 e. The molecule has 0 saturated heterocycles. The van der Waals surface area contributed by atoms with Gasteiger partial charge in [0, 0.05) is 19.6 Å². The van der Waals surface area contributed by atoms with Crippen molar-refractivity contribution < 1.29 is 9.90 Å². The standard InChI is InChI=1S/C16H31NO2/c1-13-6-4-7-14(10-13)11-15(19)17-9-5-8-16(2,3)12-18/h13-14,18H,4-12H2,1-3H3,(H,17,19). The summed E-state index contributed by atoms with van der Waals surface area (Å²) >= 11 is 0. The summed E-state index contributed by atoms with van der Waals surface area (Å²) in [6, 6.07) is 0. The van der Waals surface area contributed by atoms with Gasteiger partial charge in [-0.15, -0.1) is 0 Å². The molecule has 0 heterocycles. The minimum Gasteiger partial charge on any atom is -0.396 e. The molecule has 1 fully saturated rings. The van der Waals surface area contributed by atoms with Crippen LogP contribution in [0.15, 0.2) is 0 Å². The van der Waals surface area contributed by atoms with Gasteiger partial charge < -0.3 is 10.4 Å². The van der Waals surface area contributed by atoms with Crippen LogP contribution in [0, 0.1) is 17.3 Å². The highest BCUT2D eigenvalue weighted by Gasteiger charge is 2.21. The van der Waals surface area contributed by atoms with Crippen molar-refractivity contribution in [2.45, 2.75) is 65.7 Å². The molecule has 2 atom stereocenters. The number of rotatable bonds is 7. The Bertz CT molecular complexity index is 276. The molecule has 2 unspecified atom stereocenters. The molecule has 1 aliphatic carbocycles. The molecule has 3 nitrogen and oxygen atoms in total. The van der Waals surface area contributed by atoms with E-state index in [1.807, 2.05) is 0 Å². The van der Waals surface area contributed by atoms with Gasteiger partial charge in [-0.3, -0.25) is 4.79 Å². The maximum Gasteiger partial charge on any atom is 0.220 e. The van der Waals surface area contributed by atoms with Crippen molar-refractivity contribution in [2.24, 2.45) is 17.3 Å². The first-order valence-corrected chi connectivity index (χ1v) is 7.80. The molecule has 1 saturated carbocycles. The Morgan fingerprint density at radius 1 is 1.37 bits per heavy atom. The number of hydrogen-bond acceptors (Lipinski definition) is 2. The molecule has 3 heteroatoms. The quantitative estimate of drug-likeness (QED) is 0.698. The predicted molar refractivity (Wildman–Crippen MR) is 78.8 cm³/mol. The van der Waals surface area contributed by atoms with Gasteiger partial charge in [0.1, 0.15) is 0 Å². The zero-order valence-corrected chi connectivity index (χ0v) is 12.9. The van der Waals surface area contributed by atoms with Crippen LogP contribution in [0.3, 0.4) is 0 Å². The van der Waals surface area contributed by atoms with E-state index in [0.717, 1.165) is 25.3 Å². The van der Waals surface area contributed by atoms with Gasteiger partial charge >= 0.3 is 0 Å². The third-order valence-corrected chi connectivity index (χ3v) is 4.30. The highest BCUT2D eigenvalue weighted by molar-refractivity contribution is 5.76. The van der Waals surface area contributed by atoms with Crippen molar-refractivity contribution in [3.05, 3.63) is 0 Å². The van der Waals surface area contributed by atoms with Crippen LogP contribution in [-0.2, 0) is 4.79 Å². The Labute approximate surface area is 118 Å². The summed E-state index contributed by atoms with van der Waals surface area (Å²) in [4.78, 5) is 11.9. The summed E-state index contributed by atoms with van der Waals surface area (Å²) in [6.07, 6.45) is 7.64. The van der Waals surface area contributed by atoms with E-state index in [4.69, 9.17) is 5.11 Å². The molecule has 1 amide bonds. The molecular formula is C16H31NO2. The van der Waals surface area contributed by atoms with Gasteiger partial charge in [0.2, 0.25) is 5.91 Å². The highest BCUT2D eigenvalue weighted by atomic mass is 16.3. The average molecular weight is 269 g/mol. The largest absolute Gasteiger partial charge is 0.396 e. The van der Waals surface area contributed by atoms with Crippen LogP contribution in [0.1, 0.15) is 65.7 Å². The summed E-state index contributed by atoms with van der Waals surface area (Å²) in [5.74, 6) is 1.59. The van der Waals surface area contributed by atoms with Gasteiger partial charge in [-0.1, -0.05) is 33.6 Å². The summed E-state index contributed by atoms with van der Waals surface area (Å²) < 4.78 is 0. The zero-order valence-electron chi connectivity index (χ0n) is 12.9. The van der Waals surface area contributed by atoms with Gasteiger partial charge in [0.15, 0.2) is 0 Å². The van der Waals surface area contributed by atoms with Crippen LogP contribution < -0.4 is 5.32 Å². The van der Waals surface area contributed by atoms with Gasteiger partial charge in [-0.2, -0.15) is 0 Å². The first-order chi connectivity index (χ1) is 8.93. The monoisotopic (exact) mass is 269 g/mol. The van der Waals surface area contributed by atoms with Crippen molar-refractivity contribution in [2.75, 3.05) is 13.2 Å². The van der Waals surface area contributed by atoms with E-state index in [1.54, 1.807) is 0 Å². The fourth-order valence-corrected chi connectivity index (χ4v) is 2.95. The third-order valence-electron chi connectivity index (χ3n) is 4.30. The van der Waals surface area contributed by atoms with Gasteiger partial charge in [-0.25, -0.2) is 0 Å². The highest BCUT2D eigenvalue weighted by Crippen LogP contribution is 2.30. The molecule has 1 aliphatic rings. The second kappa shape index (κ2) is 7.88. The lowest BCUT2D eigenvalue weighted by Crippen LogP contribution is -2.29. The first kappa shape index (κ1) is 16.5. The second-order valence-electron chi connectivity index (χ2n) is 7.12. The van der Waals surface area contributed by atoms with E-state index in [-0.39, 0.29) is 17.9 Å². The topological polar surface area (TPSA) is 49.3 Å². The Kier molecular flexibility index (Phi) is 6.84. The molecule has 0 aromatic heterocycles. The minimum atomic E-state index is -0.0243. The number of carbonyl (C=O) groups is 1. The van der Waals surface area contributed by atoms with Crippen LogP contribution in [-0.4, -0.2) is 24.2 Å². The molecule has 0 bridgehead atoms. The lowest BCUT2D eigenvalue weighted by atomic mass is 9.81. The molecule has 0 aliphatic heterocycles. The van der Waals surface area contributed by atoms with Gasteiger partial charge in [0.25, 0.3) is 0 Å². The second-order valence-corrected chi connectivity index (χ2v) is 7.12. The van der Waals surface area contributed by atoms with E-state index in [9.17, 15) is 4.79 Å². The predicted octanol–water partition coefficient (Wildman–Crippen LogP) is 3.12. The number of aliphatic hydroxyl groups excluding tert-OH is 1. The fraction of sp³-hybridized carbons (Fsp3) is 0.938. The van der Waals surface area contributed by atoms with E-state index >= 15 is 0 Å². The Morgan fingerprint density at radius 3 is 2.74 bits per heavy atom. The van der Waals surface area contributed by atoms with Crippen molar-refractivity contribution in [1.29, 1.82) is 0 Å². The van der Waals surface area contributed by atoms with Crippen LogP contribution in [0.5, 0.6) is 0 Å². The third kappa shape index (κ3) is 6.95. The molecule has 112 valence electrons. The number of nitrogens with one attached hydrogen (secondary N) is 1. The number of hydrogen-bond donors (Lipinski definition) is 2. The lowest BCUT2D eigenvalue weighted by molar-refractivity contribution is -0.122. The molecule has 0 radical (unpaired) electrons. The molecule has 1 rings (SSSR count). The molecule has 0 spiro atoms. The molecule has 19 heavy (non-hydrogen) atoms. The number of aliphatic hydroxyl groups is 1. The van der Waals surface area contributed by atoms with Crippen molar-refractivity contribution in [3.63, 3.8) is 0 Å². The maximum atomic E-state index is 11.9. The zero-order chi connectivity index (χ0) is 14.3. The van der Waals surface area contributed by atoms with E-state index < -0.39 is 0 Å². The van der Waals surface area contributed by atoms with Crippen molar-refractivity contribution >= 4 is 5.91 Å². The van der Waals surface area contributed by atoms with Crippen LogP contribution >= 0.6 is 0 Å². The fourth-order valence-electron chi connectivity index (χ4n) is 2.95. The van der Waals surface area contributed by atoms with Crippen LogP contribution in [0.2, 0.25) is 0 Å². The van der Waals surface area contributed by atoms with E-state index in [1.165, 1.54) is 25.7 Å². The van der Waals surface area contributed by atoms with Crippen LogP contribution in [0.4, 0.5) is 0 Å². The summed E-state index contributed by atoms with van der Waals surface area (Å²) in [5.41, 5.74) is -0.0243. The molecular weight excluding hydrogens is 238 g/mol. The van der Waals surface area contributed by atoms with Crippen molar-refractivity contribution in [3.8, 4) is 0 Å². The van der Waals surface area contributed by atoms with Crippen LogP contribution in [0.25, 0.3) is 0 Å². The van der Waals surface area contributed by atoms with E-state index in [0.29, 0.717) is 12.3 Å². The minimum absolute atomic E-state index is 0.0243. The Balaban J connectivity index is 2.11. The maximum absolute atomic E-state index is 11.9. The number of carbonyl (C=O) groups excluding carboxylic acids is 1.